The molecule has 1 rings (SSSR count). The SMILES string of the molecule is CC(C)=C(O)C(O)C(O)C(=O)C1(C)CCCCC1. The van der Waals surface area contributed by atoms with Crippen LogP contribution in [0, 0.1) is 5.41 Å². The summed E-state index contributed by atoms with van der Waals surface area (Å²) in [6, 6.07) is 0. The van der Waals surface area contributed by atoms with Gasteiger partial charge in [0.25, 0.3) is 0 Å². The van der Waals surface area contributed by atoms with E-state index in [0.717, 1.165) is 32.1 Å². The Morgan fingerprint density at radius 1 is 1.06 bits per heavy atom. The minimum Gasteiger partial charge on any atom is -0.510 e. The molecule has 1 aliphatic carbocycles. The Kier molecular flexibility index (Phi) is 4.93. The van der Waals surface area contributed by atoms with Crippen LogP contribution in [0.5, 0.6) is 0 Å². The second kappa shape index (κ2) is 5.85. The summed E-state index contributed by atoms with van der Waals surface area (Å²) in [6.07, 6.45) is 1.49. The maximum Gasteiger partial charge on any atom is 0.170 e. The Labute approximate surface area is 108 Å². The third kappa shape index (κ3) is 3.12. The molecule has 2 atom stereocenters. The molecule has 0 bridgehead atoms. The highest BCUT2D eigenvalue weighted by molar-refractivity contribution is 5.89. The van der Waals surface area contributed by atoms with Crippen LogP contribution in [0.1, 0.15) is 52.9 Å². The van der Waals surface area contributed by atoms with Gasteiger partial charge in [-0.25, -0.2) is 0 Å². The summed E-state index contributed by atoms with van der Waals surface area (Å²) in [5.74, 6) is -0.669. The molecule has 0 radical (unpaired) electrons. The van der Waals surface area contributed by atoms with Crippen LogP contribution in [0.2, 0.25) is 0 Å². The Balaban J connectivity index is 2.80. The van der Waals surface area contributed by atoms with Crippen molar-refractivity contribution in [1.29, 1.82) is 0 Å². The summed E-state index contributed by atoms with van der Waals surface area (Å²) < 4.78 is 0. The fourth-order valence-electron chi connectivity index (χ4n) is 2.52. The minimum absolute atomic E-state index is 0.310. The van der Waals surface area contributed by atoms with Crippen molar-refractivity contribution in [2.45, 2.75) is 65.1 Å². The van der Waals surface area contributed by atoms with Gasteiger partial charge in [0.15, 0.2) is 5.78 Å². The average Bonchev–Trinajstić information content (AvgIpc) is 2.35. The van der Waals surface area contributed by atoms with Crippen LogP contribution in [0.4, 0.5) is 0 Å². The summed E-state index contributed by atoms with van der Waals surface area (Å²) in [5, 5.41) is 29.3. The van der Waals surface area contributed by atoms with Crippen LogP contribution in [0.3, 0.4) is 0 Å². The monoisotopic (exact) mass is 256 g/mol. The number of carbonyl (C=O) groups excluding carboxylic acids is 1. The van der Waals surface area contributed by atoms with Crippen molar-refractivity contribution in [1.82, 2.24) is 0 Å². The van der Waals surface area contributed by atoms with Gasteiger partial charge in [-0.05, 0) is 32.3 Å². The van der Waals surface area contributed by atoms with Gasteiger partial charge in [-0.1, -0.05) is 26.2 Å². The van der Waals surface area contributed by atoms with E-state index in [1.54, 1.807) is 13.8 Å². The number of Topliss-reactive ketones (excluding diaryl/α,β-unsaturated/α-hetero) is 1. The smallest absolute Gasteiger partial charge is 0.170 e. The molecular formula is C14H24O4. The molecule has 104 valence electrons. The van der Waals surface area contributed by atoms with E-state index in [4.69, 9.17) is 0 Å². The molecule has 4 nitrogen and oxygen atoms in total. The number of hydrogen-bond acceptors (Lipinski definition) is 4. The van der Waals surface area contributed by atoms with Crippen molar-refractivity contribution in [3.05, 3.63) is 11.3 Å². The molecule has 0 aromatic heterocycles. The molecule has 0 spiro atoms. The first-order valence-corrected chi connectivity index (χ1v) is 6.56. The first kappa shape index (κ1) is 15.2. The van der Waals surface area contributed by atoms with E-state index in [-0.39, 0.29) is 11.5 Å². The molecule has 1 fully saturated rings. The van der Waals surface area contributed by atoms with E-state index < -0.39 is 17.6 Å². The Bertz CT molecular complexity index is 336. The lowest BCUT2D eigenvalue weighted by Crippen LogP contribution is -2.45. The van der Waals surface area contributed by atoms with E-state index in [0.29, 0.717) is 5.57 Å². The summed E-state index contributed by atoms with van der Waals surface area (Å²) in [7, 11) is 0. The Hall–Kier alpha value is -0.870. The van der Waals surface area contributed by atoms with Crippen LogP contribution >= 0.6 is 0 Å². The number of aliphatic hydroxyl groups excluding tert-OH is 3. The lowest BCUT2D eigenvalue weighted by Gasteiger charge is -2.34. The predicted molar refractivity (Wildman–Crippen MR) is 69.2 cm³/mol. The molecule has 0 aliphatic heterocycles. The van der Waals surface area contributed by atoms with Crippen LogP contribution < -0.4 is 0 Å². The molecule has 1 aliphatic rings. The molecule has 0 saturated heterocycles. The molecule has 0 aromatic carbocycles. The molecule has 0 heterocycles. The fourth-order valence-corrected chi connectivity index (χ4v) is 2.52. The predicted octanol–water partition coefficient (Wildman–Crippen LogP) is 2.10. The minimum atomic E-state index is -1.54. The zero-order valence-corrected chi connectivity index (χ0v) is 11.4. The first-order valence-electron chi connectivity index (χ1n) is 6.56. The van der Waals surface area contributed by atoms with Gasteiger partial charge in [0.1, 0.15) is 18.0 Å². The highest BCUT2D eigenvalue weighted by Crippen LogP contribution is 2.38. The van der Waals surface area contributed by atoms with Gasteiger partial charge in [0.2, 0.25) is 0 Å². The van der Waals surface area contributed by atoms with Gasteiger partial charge in [0.05, 0.1) is 0 Å². The molecule has 1 saturated carbocycles. The number of rotatable bonds is 4. The molecule has 0 amide bonds. The number of carbonyl (C=O) groups is 1. The number of aliphatic hydroxyl groups is 3. The van der Waals surface area contributed by atoms with Gasteiger partial charge in [-0.2, -0.15) is 0 Å². The second-order valence-corrected chi connectivity index (χ2v) is 5.76. The summed E-state index contributed by atoms with van der Waals surface area (Å²) in [6.45, 7) is 5.08. The zero-order valence-electron chi connectivity index (χ0n) is 11.4. The van der Waals surface area contributed by atoms with E-state index in [9.17, 15) is 20.1 Å². The van der Waals surface area contributed by atoms with Crippen molar-refractivity contribution >= 4 is 5.78 Å². The Morgan fingerprint density at radius 3 is 2.00 bits per heavy atom. The van der Waals surface area contributed by atoms with Crippen LogP contribution in [-0.4, -0.2) is 33.3 Å². The quantitative estimate of drug-likeness (QED) is 0.673. The molecule has 4 heteroatoms. The highest BCUT2D eigenvalue weighted by Gasteiger charge is 2.41. The average molecular weight is 256 g/mol. The number of allylic oxidation sites excluding steroid dienone is 1. The van der Waals surface area contributed by atoms with Gasteiger partial charge in [-0.3, -0.25) is 4.79 Å². The van der Waals surface area contributed by atoms with Crippen molar-refractivity contribution < 1.29 is 20.1 Å². The standard InChI is InChI=1S/C14H24O4/c1-9(2)10(15)11(16)12(17)13(18)14(3)7-5-4-6-8-14/h11-12,15-17H,4-8H2,1-3H3. The molecular weight excluding hydrogens is 232 g/mol. The second-order valence-electron chi connectivity index (χ2n) is 5.76. The third-order valence-electron chi connectivity index (χ3n) is 3.91. The lowest BCUT2D eigenvalue weighted by molar-refractivity contribution is -0.144. The van der Waals surface area contributed by atoms with Crippen LogP contribution in [0.15, 0.2) is 11.3 Å². The summed E-state index contributed by atoms with van der Waals surface area (Å²) in [4.78, 5) is 12.2. The van der Waals surface area contributed by atoms with Crippen LogP contribution in [0.25, 0.3) is 0 Å². The van der Waals surface area contributed by atoms with Gasteiger partial charge in [0, 0.05) is 5.41 Å². The lowest BCUT2D eigenvalue weighted by atomic mass is 9.70. The fraction of sp³-hybridized carbons (Fsp3) is 0.786. The van der Waals surface area contributed by atoms with E-state index in [2.05, 4.69) is 0 Å². The zero-order chi connectivity index (χ0) is 13.9. The maximum atomic E-state index is 12.2. The normalized spacial score (nSPS) is 22.1. The summed E-state index contributed by atoms with van der Waals surface area (Å²) in [5.41, 5.74) is -0.0660. The molecule has 0 aromatic rings. The van der Waals surface area contributed by atoms with E-state index in [1.807, 2.05) is 6.92 Å². The van der Waals surface area contributed by atoms with Gasteiger partial charge in [-0.15, -0.1) is 0 Å². The van der Waals surface area contributed by atoms with Crippen molar-refractivity contribution in [3.63, 3.8) is 0 Å². The van der Waals surface area contributed by atoms with E-state index in [1.165, 1.54) is 0 Å². The molecule has 3 N–H and O–H groups in total. The highest BCUT2D eigenvalue weighted by atomic mass is 16.4. The number of ketones is 1. The van der Waals surface area contributed by atoms with Crippen LogP contribution in [-0.2, 0) is 4.79 Å². The summed E-state index contributed by atoms with van der Waals surface area (Å²) >= 11 is 0. The van der Waals surface area contributed by atoms with Crippen molar-refractivity contribution in [3.8, 4) is 0 Å². The topological polar surface area (TPSA) is 77.8 Å². The van der Waals surface area contributed by atoms with Gasteiger partial charge < -0.3 is 15.3 Å². The van der Waals surface area contributed by atoms with Crippen molar-refractivity contribution in [2.24, 2.45) is 5.41 Å². The first-order chi connectivity index (χ1) is 8.29. The Morgan fingerprint density at radius 2 is 1.56 bits per heavy atom. The van der Waals surface area contributed by atoms with Crippen molar-refractivity contribution in [2.75, 3.05) is 0 Å². The van der Waals surface area contributed by atoms with E-state index >= 15 is 0 Å². The van der Waals surface area contributed by atoms with Gasteiger partial charge >= 0.3 is 0 Å². The number of hydrogen-bond donors (Lipinski definition) is 3. The molecule has 2 unspecified atom stereocenters. The maximum absolute atomic E-state index is 12.2. The third-order valence-corrected chi connectivity index (χ3v) is 3.91. The largest absolute Gasteiger partial charge is 0.510 e. The molecule has 18 heavy (non-hydrogen) atoms.